The molecule has 1 aliphatic carbocycles. The minimum Gasteiger partial charge on any atom is -0.334 e. The van der Waals surface area contributed by atoms with Crippen molar-refractivity contribution in [3.8, 4) is 0 Å². The van der Waals surface area contributed by atoms with E-state index in [4.69, 9.17) is 5.84 Å². The molecule has 0 aliphatic heterocycles. The number of carbonyl (C=O) groups excluding carboxylic acids is 1. The maximum atomic E-state index is 12.9. The van der Waals surface area contributed by atoms with Crippen LogP contribution < -0.4 is 11.4 Å². The number of nitrogen functional groups attached to an aromatic ring is 1. The third-order valence-electron chi connectivity index (χ3n) is 5.08. The zero-order valence-electron chi connectivity index (χ0n) is 15.3. The van der Waals surface area contributed by atoms with Gasteiger partial charge in [-0.1, -0.05) is 48.5 Å². The molecule has 0 saturated carbocycles. The van der Waals surface area contributed by atoms with E-state index >= 15 is 0 Å². The second kappa shape index (κ2) is 7.13. The molecular weight excluding hydrogens is 378 g/mol. The third-order valence-corrected chi connectivity index (χ3v) is 7.19. The smallest absolute Gasteiger partial charge is 0.281 e. The van der Waals surface area contributed by atoms with Crippen LogP contribution in [0.1, 0.15) is 52.0 Å². The van der Waals surface area contributed by atoms with Gasteiger partial charge in [-0.15, -0.1) is 11.3 Å². The number of benzene rings is 1. The molecule has 2 N–H and O–H groups in total. The van der Waals surface area contributed by atoms with E-state index in [1.165, 1.54) is 16.6 Å². The van der Waals surface area contributed by atoms with E-state index in [0.717, 1.165) is 39.9 Å². The molecule has 0 bridgehead atoms. The Morgan fingerprint density at radius 1 is 1.37 bits per heavy atom. The average Bonchev–Trinajstić information content (AvgIpc) is 3.03. The van der Waals surface area contributed by atoms with Crippen molar-refractivity contribution in [1.29, 1.82) is 0 Å². The van der Waals surface area contributed by atoms with E-state index in [0.29, 0.717) is 22.0 Å². The Kier molecular flexibility index (Phi) is 4.82. The fourth-order valence-corrected chi connectivity index (χ4v) is 5.77. The Morgan fingerprint density at radius 2 is 2.11 bits per heavy atom. The van der Waals surface area contributed by atoms with Crippen LogP contribution in [0.4, 0.5) is 0 Å². The number of hydrogen-bond acceptors (Lipinski definition) is 6. The van der Waals surface area contributed by atoms with Gasteiger partial charge in [-0.3, -0.25) is 9.59 Å². The molecule has 0 amide bonds. The Bertz CT molecular complexity index is 1080. The van der Waals surface area contributed by atoms with E-state index in [2.05, 4.69) is 11.9 Å². The van der Waals surface area contributed by atoms with E-state index in [-0.39, 0.29) is 17.1 Å². The van der Waals surface area contributed by atoms with Gasteiger partial charge in [-0.2, -0.15) is 0 Å². The van der Waals surface area contributed by atoms with Crippen LogP contribution in [0.25, 0.3) is 10.2 Å². The Morgan fingerprint density at radius 3 is 2.85 bits per heavy atom. The average molecular weight is 400 g/mol. The first-order chi connectivity index (χ1) is 13.0. The normalized spacial score (nSPS) is 16.4. The number of aromatic nitrogens is 2. The molecule has 0 saturated heterocycles. The van der Waals surface area contributed by atoms with Crippen molar-refractivity contribution >= 4 is 39.1 Å². The molecule has 5 nitrogen and oxygen atoms in total. The van der Waals surface area contributed by atoms with Crippen LogP contribution in [-0.4, -0.2) is 21.2 Å². The van der Waals surface area contributed by atoms with Crippen LogP contribution in [0.2, 0.25) is 0 Å². The Balaban J connectivity index is 1.65. The highest BCUT2D eigenvalue weighted by atomic mass is 32.2. The van der Waals surface area contributed by atoms with Crippen LogP contribution in [0, 0.1) is 6.92 Å². The minimum absolute atomic E-state index is 0.00607. The maximum Gasteiger partial charge on any atom is 0.281 e. The summed E-state index contributed by atoms with van der Waals surface area (Å²) in [5.41, 5.74) is 2.68. The minimum atomic E-state index is -0.212. The summed E-state index contributed by atoms with van der Waals surface area (Å²) in [6, 6.07) is 7.47. The quantitative estimate of drug-likeness (QED) is 0.312. The molecule has 27 heavy (non-hydrogen) atoms. The summed E-state index contributed by atoms with van der Waals surface area (Å²) in [4.78, 5) is 31.9. The number of fused-ring (bicyclic) bond motifs is 3. The fraction of sp³-hybridized carbons (Fsp3) is 0.350. The number of rotatable bonds is 4. The van der Waals surface area contributed by atoms with Gasteiger partial charge in [0.1, 0.15) is 4.83 Å². The predicted octanol–water partition coefficient (Wildman–Crippen LogP) is 3.90. The fourth-order valence-electron chi connectivity index (χ4n) is 3.59. The first kappa shape index (κ1) is 18.3. The highest BCUT2D eigenvalue weighted by Crippen LogP contribution is 2.40. The highest BCUT2D eigenvalue weighted by molar-refractivity contribution is 7.99. The zero-order chi connectivity index (χ0) is 19.1. The second-order valence-electron chi connectivity index (χ2n) is 7.06. The van der Waals surface area contributed by atoms with Crippen molar-refractivity contribution in [2.75, 3.05) is 11.6 Å². The van der Waals surface area contributed by atoms with E-state index < -0.39 is 0 Å². The van der Waals surface area contributed by atoms with Crippen LogP contribution >= 0.6 is 23.1 Å². The van der Waals surface area contributed by atoms with Gasteiger partial charge in [-0.25, -0.2) is 9.66 Å². The van der Waals surface area contributed by atoms with E-state index in [9.17, 15) is 9.59 Å². The van der Waals surface area contributed by atoms with Crippen molar-refractivity contribution in [1.82, 2.24) is 9.66 Å². The Hall–Kier alpha value is -2.12. The lowest BCUT2D eigenvalue weighted by molar-refractivity contribution is 0.102. The number of nitrogens with two attached hydrogens (primary N) is 1. The molecule has 7 heteroatoms. The summed E-state index contributed by atoms with van der Waals surface area (Å²) in [5.74, 6) is 6.59. The molecule has 0 unspecified atom stereocenters. The summed E-state index contributed by atoms with van der Waals surface area (Å²) in [6.45, 7) is 4.14. The van der Waals surface area contributed by atoms with Gasteiger partial charge in [0, 0.05) is 10.4 Å². The molecule has 0 spiro atoms. The first-order valence-electron chi connectivity index (χ1n) is 9.01. The van der Waals surface area contributed by atoms with Crippen molar-refractivity contribution < 1.29 is 4.79 Å². The Labute approximate surface area is 165 Å². The van der Waals surface area contributed by atoms with Crippen molar-refractivity contribution in [3.63, 3.8) is 0 Å². The molecule has 2 heterocycles. The second-order valence-corrected chi connectivity index (χ2v) is 9.09. The predicted molar refractivity (Wildman–Crippen MR) is 112 cm³/mol. The lowest BCUT2D eigenvalue weighted by atomic mass is 9.88. The SMILES string of the molecule is Cc1ccc(C(=O)CSc2nc3sc4c(c3c(=O)n2N)[C@H](C)CCC4)cc1. The van der Waals surface area contributed by atoms with Crippen LogP contribution in [0.3, 0.4) is 0 Å². The monoisotopic (exact) mass is 399 g/mol. The highest BCUT2D eigenvalue weighted by Gasteiger charge is 2.26. The van der Waals surface area contributed by atoms with E-state index in [1.54, 1.807) is 11.3 Å². The topological polar surface area (TPSA) is 78.0 Å². The van der Waals surface area contributed by atoms with Crippen LogP contribution in [-0.2, 0) is 6.42 Å². The molecule has 140 valence electrons. The summed E-state index contributed by atoms with van der Waals surface area (Å²) < 4.78 is 1.10. The number of carbonyl (C=O) groups is 1. The number of Topliss-reactive ketones (excluding diaryl/α,β-unsaturated/α-hetero) is 1. The molecule has 2 aromatic heterocycles. The summed E-state index contributed by atoms with van der Waals surface area (Å²) >= 11 is 2.81. The standard InChI is InChI=1S/C20H21N3O2S2/c1-11-6-8-13(9-7-11)14(24)10-26-20-22-18-17(19(25)23(20)21)16-12(2)4-3-5-15(16)27-18/h6-9,12H,3-5,10,21H2,1-2H3/t12-/m1/s1. The summed E-state index contributed by atoms with van der Waals surface area (Å²) in [7, 11) is 0. The van der Waals surface area contributed by atoms with Gasteiger partial charge in [0.15, 0.2) is 10.9 Å². The molecule has 1 atom stereocenters. The lowest BCUT2D eigenvalue weighted by Crippen LogP contribution is -2.30. The van der Waals surface area contributed by atoms with Gasteiger partial charge in [0.05, 0.1) is 11.1 Å². The van der Waals surface area contributed by atoms with Gasteiger partial charge < -0.3 is 5.84 Å². The van der Waals surface area contributed by atoms with Gasteiger partial charge in [0.2, 0.25) is 0 Å². The molecule has 1 aliphatic rings. The number of nitrogens with zero attached hydrogens (tertiary/aromatic N) is 2. The van der Waals surface area contributed by atoms with Gasteiger partial charge >= 0.3 is 0 Å². The van der Waals surface area contributed by atoms with Crippen LogP contribution in [0.5, 0.6) is 0 Å². The van der Waals surface area contributed by atoms with Gasteiger partial charge in [-0.05, 0) is 37.7 Å². The summed E-state index contributed by atoms with van der Waals surface area (Å²) in [5, 5.41) is 1.05. The third kappa shape index (κ3) is 3.30. The number of hydrogen-bond donors (Lipinski definition) is 1. The maximum absolute atomic E-state index is 12.9. The molecule has 0 radical (unpaired) electrons. The lowest BCUT2D eigenvalue weighted by Gasteiger charge is -2.18. The summed E-state index contributed by atoms with van der Waals surface area (Å²) in [6.07, 6.45) is 3.23. The molecule has 3 aromatic rings. The van der Waals surface area contributed by atoms with Crippen molar-refractivity contribution in [3.05, 3.63) is 56.2 Å². The van der Waals surface area contributed by atoms with Crippen molar-refractivity contribution in [2.45, 2.75) is 44.2 Å². The zero-order valence-corrected chi connectivity index (χ0v) is 17.0. The van der Waals surface area contributed by atoms with Crippen molar-refractivity contribution in [2.24, 2.45) is 0 Å². The van der Waals surface area contributed by atoms with Crippen LogP contribution in [0.15, 0.2) is 34.2 Å². The molecule has 4 rings (SSSR count). The first-order valence-corrected chi connectivity index (χ1v) is 10.8. The number of aryl methyl sites for hydroxylation is 2. The number of thioether (sulfide) groups is 1. The van der Waals surface area contributed by atoms with Gasteiger partial charge in [0.25, 0.3) is 5.56 Å². The largest absolute Gasteiger partial charge is 0.334 e. The number of thiophene rings is 1. The molecule has 0 fully saturated rings. The molecular formula is C20H21N3O2S2. The molecule has 1 aromatic carbocycles. The number of ketones is 1. The van der Waals surface area contributed by atoms with E-state index in [1.807, 2.05) is 31.2 Å².